The van der Waals surface area contributed by atoms with Gasteiger partial charge in [0.2, 0.25) is 0 Å². The Balaban J connectivity index is 2.12. The van der Waals surface area contributed by atoms with E-state index in [4.69, 9.17) is 9.47 Å². The Bertz CT molecular complexity index is 1080. The van der Waals surface area contributed by atoms with Crippen LogP contribution >= 0.6 is 0 Å². The summed E-state index contributed by atoms with van der Waals surface area (Å²) in [6.07, 6.45) is 0. The number of nitrogens with zero attached hydrogens (tertiary/aromatic N) is 2. The van der Waals surface area contributed by atoms with Crippen LogP contribution in [0.4, 0.5) is 0 Å². The van der Waals surface area contributed by atoms with E-state index in [-0.39, 0.29) is 19.7 Å². The number of carbonyl (C=O) groups excluding carboxylic acids is 1. The lowest BCUT2D eigenvalue weighted by Gasteiger charge is -2.14. The van der Waals surface area contributed by atoms with Crippen molar-refractivity contribution in [1.29, 1.82) is 0 Å². The smallest absolute Gasteiger partial charge is 0.332 e. The van der Waals surface area contributed by atoms with Gasteiger partial charge in [-0.15, -0.1) is 0 Å². The molecule has 0 fully saturated rings. The van der Waals surface area contributed by atoms with Gasteiger partial charge in [0.05, 0.1) is 31.2 Å². The maximum Gasteiger partial charge on any atom is 0.332 e. The first-order valence-corrected chi connectivity index (χ1v) is 8.56. The second kappa shape index (κ2) is 7.90. The number of rotatable bonds is 6. The average Bonchev–Trinajstić information content (AvgIpc) is 2.69. The number of carbonyl (C=O) groups is 1. The van der Waals surface area contributed by atoms with Crippen molar-refractivity contribution in [3.63, 3.8) is 0 Å². The molecule has 3 rings (SSSR count). The SMILES string of the molecule is CCOC(=O)Cn1c(=O)n(Cc2ccc(OC)cc2)c(=O)c2ccccc21. The van der Waals surface area contributed by atoms with E-state index in [1.54, 1.807) is 62.6 Å². The fourth-order valence-corrected chi connectivity index (χ4v) is 2.91. The Morgan fingerprint density at radius 1 is 1.00 bits per heavy atom. The molecule has 3 aromatic rings. The zero-order chi connectivity index (χ0) is 19.4. The highest BCUT2D eigenvalue weighted by Crippen LogP contribution is 2.12. The topological polar surface area (TPSA) is 79.5 Å². The number of para-hydroxylation sites is 1. The van der Waals surface area contributed by atoms with E-state index in [0.717, 1.165) is 10.1 Å². The van der Waals surface area contributed by atoms with Crippen molar-refractivity contribution in [2.45, 2.75) is 20.0 Å². The third kappa shape index (κ3) is 3.76. The van der Waals surface area contributed by atoms with Gasteiger partial charge in [-0.1, -0.05) is 24.3 Å². The number of fused-ring (bicyclic) bond motifs is 1. The van der Waals surface area contributed by atoms with Crippen molar-refractivity contribution in [3.05, 3.63) is 74.9 Å². The lowest BCUT2D eigenvalue weighted by atomic mass is 10.2. The van der Waals surface area contributed by atoms with Gasteiger partial charge in [0, 0.05) is 0 Å². The molecule has 0 aliphatic rings. The molecule has 7 nitrogen and oxygen atoms in total. The zero-order valence-electron chi connectivity index (χ0n) is 15.2. The Labute approximate surface area is 155 Å². The fraction of sp³-hybridized carbons (Fsp3) is 0.250. The van der Waals surface area contributed by atoms with Crippen LogP contribution in [-0.4, -0.2) is 28.8 Å². The van der Waals surface area contributed by atoms with E-state index in [2.05, 4.69) is 0 Å². The van der Waals surface area contributed by atoms with Crippen LogP contribution in [0.15, 0.2) is 58.1 Å². The number of methoxy groups -OCH3 is 1. The highest BCUT2D eigenvalue weighted by Gasteiger charge is 2.16. The molecule has 0 atom stereocenters. The number of hydrogen-bond acceptors (Lipinski definition) is 5. The van der Waals surface area contributed by atoms with Crippen LogP contribution in [0, 0.1) is 0 Å². The van der Waals surface area contributed by atoms with E-state index < -0.39 is 17.2 Å². The van der Waals surface area contributed by atoms with Crippen LogP contribution in [0.5, 0.6) is 5.75 Å². The minimum atomic E-state index is -0.553. The second-order valence-electron chi connectivity index (χ2n) is 5.93. The van der Waals surface area contributed by atoms with Gasteiger partial charge in [-0.05, 0) is 36.8 Å². The third-order valence-corrected chi connectivity index (χ3v) is 4.22. The summed E-state index contributed by atoms with van der Waals surface area (Å²) in [4.78, 5) is 37.8. The summed E-state index contributed by atoms with van der Waals surface area (Å²) < 4.78 is 12.5. The summed E-state index contributed by atoms with van der Waals surface area (Å²) in [7, 11) is 1.57. The Kier molecular flexibility index (Phi) is 5.40. The average molecular weight is 368 g/mol. The Morgan fingerprint density at radius 2 is 1.70 bits per heavy atom. The normalized spacial score (nSPS) is 10.7. The number of benzene rings is 2. The molecule has 0 saturated heterocycles. The molecule has 0 saturated carbocycles. The molecule has 0 aliphatic carbocycles. The largest absolute Gasteiger partial charge is 0.497 e. The maximum atomic E-state index is 13.0. The summed E-state index contributed by atoms with van der Waals surface area (Å²) >= 11 is 0. The molecule has 2 aromatic carbocycles. The predicted octanol–water partition coefficient (Wildman–Crippen LogP) is 1.78. The van der Waals surface area contributed by atoms with Crippen molar-refractivity contribution in [1.82, 2.24) is 9.13 Å². The number of aromatic nitrogens is 2. The highest BCUT2D eigenvalue weighted by molar-refractivity contribution is 5.80. The molecule has 0 amide bonds. The van der Waals surface area contributed by atoms with E-state index >= 15 is 0 Å². The van der Waals surface area contributed by atoms with E-state index in [1.165, 1.54) is 4.57 Å². The first kappa shape index (κ1) is 18.4. The molecular weight excluding hydrogens is 348 g/mol. The maximum absolute atomic E-state index is 13.0. The van der Waals surface area contributed by atoms with Gasteiger partial charge >= 0.3 is 11.7 Å². The molecule has 140 valence electrons. The number of hydrogen-bond donors (Lipinski definition) is 0. The molecule has 0 bridgehead atoms. The Morgan fingerprint density at radius 3 is 2.37 bits per heavy atom. The molecule has 0 radical (unpaired) electrons. The molecular formula is C20H20N2O5. The van der Waals surface area contributed by atoms with Crippen molar-refractivity contribution >= 4 is 16.9 Å². The van der Waals surface area contributed by atoms with Crippen LogP contribution in [0.1, 0.15) is 12.5 Å². The van der Waals surface area contributed by atoms with E-state index in [0.29, 0.717) is 16.7 Å². The molecule has 7 heteroatoms. The van der Waals surface area contributed by atoms with Gasteiger partial charge in [0.25, 0.3) is 5.56 Å². The van der Waals surface area contributed by atoms with Crippen molar-refractivity contribution in [3.8, 4) is 5.75 Å². The summed E-state index contributed by atoms with van der Waals surface area (Å²) in [5, 5.41) is 0.370. The summed E-state index contributed by atoms with van der Waals surface area (Å²) in [5.41, 5.74) is 0.230. The quantitative estimate of drug-likeness (QED) is 0.620. The Hall–Kier alpha value is -3.35. The predicted molar refractivity (Wildman–Crippen MR) is 101 cm³/mol. The van der Waals surface area contributed by atoms with Gasteiger partial charge in [0.15, 0.2) is 0 Å². The minimum absolute atomic E-state index is 0.0926. The van der Waals surface area contributed by atoms with Gasteiger partial charge in [-0.2, -0.15) is 0 Å². The lowest BCUT2D eigenvalue weighted by molar-refractivity contribution is -0.143. The third-order valence-electron chi connectivity index (χ3n) is 4.22. The van der Waals surface area contributed by atoms with Gasteiger partial charge in [0.1, 0.15) is 12.3 Å². The van der Waals surface area contributed by atoms with Gasteiger partial charge in [-0.25, -0.2) is 4.79 Å². The van der Waals surface area contributed by atoms with Gasteiger partial charge < -0.3 is 9.47 Å². The lowest BCUT2D eigenvalue weighted by Crippen LogP contribution is -2.41. The van der Waals surface area contributed by atoms with Crippen LogP contribution in [0.2, 0.25) is 0 Å². The minimum Gasteiger partial charge on any atom is -0.497 e. The molecule has 0 aliphatic heterocycles. The van der Waals surface area contributed by atoms with Crippen molar-refractivity contribution < 1.29 is 14.3 Å². The molecule has 0 spiro atoms. The second-order valence-corrected chi connectivity index (χ2v) is 5.93. The molecule has 1 aromatic heterocycles. The van der Waals surface area contributed by atoms with Crippen LogP contribution < -0.4 is 16.0 Å². The van der Waals surface area contributed by atoms with E-state index in [1.807, 2.05) is 0 Å². The molecule has 0 N–H and O–H groups in total. The van der Waals surface area contributed by atoms with Crippen molar-refractivity contribution in [2.75, 3.05) is 13.7 Å². The standard InChI is InChI=1S/C20H20N2O5/c1-3-27-18(23)13-21-17-7-5-4-6-16(17)19(24)22(20(21)25)12-14-8-10-15(26-2)11-9-14/h4-11H,3,12-13H2,1-2H3. The molecule has 27 heavy (non-hydrogen) atoms. The first-order valence-electron chi connectivity index (χ1n) is 8.56. The van der Waals surface area contributed by atoms with Crippen molar-refractivity contribution in [2.24, 2.45) is 0 Å². The first-order chi connectivity index (χ1) is 13.0. The summed E-state index contributed by atoms with van der Waals surface area (Å²) in [6, 6.07) is 13.8. The monoisotopic (exact) mass is 368 g/mol. The zero-order valence-corrected chi connectivity index (χ0v) is 15.2. The van der Waals surface area contributed by atoms with Gasteiger partial charge in [-0.3, -0.25) is 18.7 Å². The summed E-state index contributed by atoms with van der Waals surface area (Å²) in [6.45, 7) is 1.76. The molecule has 0 unspecified atom stereocenters. The van der Waals surface area contributed by atoms with Crippen LogP contribution in [-0.2, 0) is 22.6 Å². The number of esters is 1. The van der Waals surface area contributed by atoms with Crippen LogP contribution in [0.3, 0.4) is 0 Å². The van der Waals surface area contributed by atoms with Crippen LogP contribution in [0.25, 0.3) is 10.9 Å². The molecule has 1 heterocycles. The fourth-order valence-electron chi connectivity index (χ4n) is 2.91. The van der Waals surface area contributed by atoms with E-state index in [9.17, 15) is 14.4 Å². The number of ether oxygens (including phenoxy) is 2. The highest BCUT2D eigenvalue weighted by atomic mass is 16.5. The summed E-state index contributed by atoms with van der Waals surface area (Å²) in [5.74, 6) is 0.156.